The second kappa shape index (κ2) is 3.69. The molecule has 3 heteroatoms. The van der Waals surface area contributed by atoms with E-state index in [1.807, 2.05) is 12.1 Å². The highest BCUT2D eigenvalue weighted by Crippen LogP contribution is 2.20. The molecule has 3 nitrogen and oxygen atoms in total. The third-order valence-corrected chi connectivity index (χ3v) is 2.52. The lowest BCUT2D eigenvalue weighted by Crippen LogP contribution is -2.20. The number of nitrogens with zero attached hydrogens (tertiary/aromatic N) is 2. The Morgan fingerprint density at radius 2 is 2.07 bits per heavy atom. The largest absolute Gasteiger partial charge is 0.391 e. The van der Waals surface area contributed by atoms with Gasteiger partial charge in [0, 0.05) is 18.8 Å². The lowest BCUT2D eigenvalue weighted by Gasteiger charge is -2.17. The summed E-state index contributed by atoms with van der Waals surface area (Å²) in [6.07, 6.45) is 0.630. The van der Waals surface area contributed by atoms with Gasteiger partial charge in [-0.3, -0.25) is 0 Å². The predicted octanol–water partition coefficient (Wildman–Crippen LogP) is 1.13. The minimum Gasteiger partial charge on any atom is -0.391 e. The average Bonchev–Trinajstić information content (AvgIpc) is 2.65. The zero-order valence-electron chi connectivity index (χ0n) is 7.85. The van der Waals surface area contributed by atoms with Gasteiger partial charge in [0.05, 0.1) is 17.7 Å². The van der Waals surface area contributed by atoms with Gasteiger partial charge in [-0.1, -0.05) is 0 Å². The summed E-state index contributed by atoms with van der Waals surface area (Å²) in [5.41, 5.74) is 1.76. The average molecular weight is 188 g/mol. The van der Waals surface area contributed by atoms with Gasteiger partial charge in [-0.05, 0) is 30.7 Å². The number of hydrogen-bond donors (Lipinski definition) is 1. The SMILES string of the molecule is N#Cc1ccc(N2CC[C@H](O)C2)cc1. The third-order valence-electron chi connectivity index (χ3n) is 2.52. The molecule has 0 radical (unpaired) electrons. The van der Waals surface area contributed by atoms with E-state index in [4.69, 9.17) is 5.26 Å². The van der Waals surface area contributed by atoms with Crippen LogP contribution in [0.1, 0.15) is 12.0 Å². The third kappa shape index (κ3) is 1.70. The molecule has 1 heterocycles. The molecule has 1 fully saturated rings. The van der Waals surface area contributed by atoms with Crippen molar-refractivity contribution in [3.05, 3.63) is 29.8 Å². The molecule has 1 N–H and O–H groups in total. The van der Waals surface area contributed by atoms with E-state index >= 15 is 0 Å². The maximum absolute atomic E-state index is 9.37. The molecule has 1 aromatic rings. The number of aliphatic hydroxyl groups excluding tert-OH is 1. The molecule has 0 unspecified atom stereocenters. The predicted molar refractivity (Wildman–Crippen MR) is 54.0 cm³/mol. The maximum Gasteiger partial charge on any atom is 0.0991 e. The Morgan fingerprint density at radius 1 is 1.36 bits per heavy atom. The summed E-state index contributed by atoms with van der Waals surface area (Å²) in [7, 11) is 0. The van der Waals surface area contributed by atoms with Gasteiger partial charge in [-0.2, -0.15) is 5.26 Å². The zero-order valence-corrected chi connectivity index (χ0v) is 7.85. The first-order chi connectivity index (χ1) is 6.79. The number of hydrogen-bond acceptors (Lipinski definition) is 3. The van der Waals surface area contributed by atoms with Gasteiger partial charge in [0.25, 0.3) is 0 Å². The fraction of sp³-hybridized carbons (Fsp3) is 0.364. The molecule has 1 aromatic carbocycles. The van der Waals surface area contributed by atoms with E-state index in [0.29, 0.717) is 12.1 Å². The Kier molecular flexibility index (Phi) is 2.38. The molecule has 0 bridgehead atoms. The molecule has 0 aliphatic carbocycles. The van der Waals surface area contributed by atoms with Crippen LogP contribution in [-0.4, -0.2) is 24.3 Å². The van der Waals surface area contributed by atoms with Crippen molar-refractivity contribution < 1.29 is 5.11 Å². The molecule has 0 aromatic heterocycles. The first-order valence-electron chi connectivity index (χ1n) is 4.73. The number of rotatable bonds is 1. The Labute approximate surface area is 83.2 Å². The maximum atomic E-state index is 9.37. The summed E-state index contributed by atoms with van der Waals surface area (Å²) in [6, 6.07) is 9.55. The van der Waals surface area contributed by atoms with Crippen molar-refractivity contribution in [3.63, 3.8) is 0 Å². The quantitative estimate of drug-likeness (QED) is 0.718. The van der Waals surface area contributed by atoms with Crippen molar-refractivity contribution in [1.82, 2.24) is 0 Å². The van der Waals surface area contributed by atoms with E-state index < -0.39 is 0 Å². The van der Waals surface area contributed by atoms with Crippen molar-refractivity contribution in [2.24, 2.45) is 0 Å². The van der Waals surface area contributed by atoms with Gasteiger partial charge in [0.1, 0.15) is 0 Å². The summed E-state index contributed by atoms with van der Waals surface area (Å²) < 4.78 is 0. The van der Waals surface area contributed by atoms with Gasteiger partial charge in [-0.25, -0.2) is 0 Å². The number of anilines is 1. The van der Waals surface area contributed by atoms with Gasteiger partial charge < -0.3 is 10.0 Å². The Hall–Kier alpha value is -1.53. The highest BCUT2D eigenvalue weighted by atomic mass is 16.3. The molecule has 0 saturated carbocycles. The molecule has 0 amide bonds. The Balaban J connectivity index is 2.14. The van der Waals surface area contributed by atoms with Crippen molar-refractivity contribution in [2.45, 2.75) is 12.5 Å². The minimum atomic E-state index is -0.203. The number of benzene rings is 1. The van der Waals surface area contributed by atoms with Crippen LogP contribution >= 0.6 is 0 Å². The molecule has 2 rings (SSSR count). The van der Waals surface area contributed by atoms with Crippen LogP contribution in [0.15, 0.2) is 24.3 Å². The highest BCUT2D eigenvalue weighted by Gasteiger charge is 2.19. The summed E-state index contributed by atoms with van der Waals surface area (Å²) in [6.45, 7) is 1.60. The lowest BCUT2D eigenvalue weighted by molar-refractivity contribution is 0.198. The fourth-order valence-corrected chi connectivity index (χ4v) is 1.72. The van der Waals surface area contributed by atoms with Crippen molar-refractivity contribution >= 4 is 5.69 Å². The Morgan fingerprint density at radius 3 is 2.57 bits per heavy atom. The van der Waals surface area contributed by atoms with Crippen LogP contribution in [0.25, 0.3) is 0 Å². The molecular weight excluding hydrogens is 176 g/mol. The second-order valence-corrected chi connectivity index (χ2v) is 3.55. The van der Waals surface area contributed by atoms with Crippen LogP contribution in [0.3, 0.4) is 0 Å². The molecule has 1 aliphatic rings. The highest BCUT2D eigenvalue weighted by molar-refractivity contribution is 5.50. The number of nitriles is 1. The van der Waals surface area contributed by atoms with Crippen molar-refractivity contribution in [1.29, 1.82) is 5.26 Å². The summed E-state index contributed by atoms with van der Waals surface area (Å²) in [4.78, 5) is 2.13. The molecule has 14 heavy (non-hydrogen) atoms. The molecule has 1 saturated heterocycles. The first kappa shape index (κ1) is 9.04. The van der Waals surface area contributed by atoms with Gasteiger partial charge >= 0.3 is 0 Å². The normalized spacial score (nSPS) is 20.9. The van der Waals surface area contributed by atoms with Gasteiger partial charge in [-0.15, -0.1) is 0 Å². The topological polar surface area (TPSA) is 47.3 Å². The number of aliphatic hydroxyl groups is 1. The van der Waals surface area contributed by atoms with E-state index in [2.05, 4.69) is 11.0 Å². The molecule has 0 spiro atoms. The van der Waals surface area contributed by atoms with Crippen LogP contribution in [0.2, 0.25) is 0 Å². The Bertz CT molecular complexity index is 353. The molecular formula is C11H12N2O. The van der Waals surface area contributed by atoms with E-state index in [-0.39, 0.29) is 6.10 Å². The molecule has 72 valence electrons. The molecule has 1 aliphatic heterocycles. The summed E-state index contributed by atoms with van der Waals surface area (Å²) in [5, 5.41) is 18.0. The summed E-state index contributed by atoms with van der Waals surface area (Å²) >= 11 is 0. The molecule has 1 atom stereocenters. The standard InChI is InChI=1S/C11H12N2O/c12-7-9-1-3-10(4-2-9)13-6-5-11(14)8-13/h1-4,11,14H,5-6,8H2/t11-/m0/s1. The second-order valence-electron chi connectivity index (χ2n) is 3.55. The lowest BCUT2D eigenvalue weighted by atomic mass is 10.2. The zero-order chi connectivity index (χ0) is 9.97. The van der Waals surface area contributed by atoms with Gasteiger partial charge in [0.2, 0.25) is 0 Å². The van der Waals surface area contributed by atoms with Crippen molar-refractivity contribution in [3.8, 4) is 6.07 Å². The van der Waals surface area contributed by atoms with E-state index in [1.54, 1.807) is 12.1 Å². The van der Waals surface area contributed by atoms with Crippen LogP contribution in [0.5, 0.6) is 0 Å². The van der Waals surface area contributed by atoms with Crippen LogP contribution < -0.4 is 4.90 Å². The van der Waals surface area contributed by atoms with Gasteiger partial charge in [0.15, 0.2) is 0 Å². The number of β-amino-alcohol motifs (C(OH)–C–C–N with tert-alkyl or cyclic N) is 1. The first-order valence-corrected chi connectivity index (χ1v) is 4.73. The van der Waals surface area contributed by atoms with Crippen LogP contribution in [0, 0.1) is 11.3 Å². The van der Waals surface area contributed by atoms with Crippen LogP contribution in [0.4, 0.5) is 5.69 Å². The van der Waals surface area contributed by atoms with E-state index in [9.17, 15) is 5.11 Å². The van der Waals surface area contributed by atoms with E-state index in [0.717, 1.165) is 18.7 Å². The van der Waals surface area contributed by atoms with Crippen LogP contribution in [-0.2, 0) is 0 Å². The van der Waals surface area contributed by atoms with Crippen molar-refractivity contribution in [2.75, 3.05) is 18.0 Å². The smallest absolute Gasteiger partial charge is 0.0991 e. The fourth-order valence-electron chi connectivity index (χ4n) is 1.72. The summed E-state index contributed by atoms with van der Waals surface area (Å²) in [5.74, 6) is 0. The minimum absolute atomic E-state index is 0.203. The van der Waals surface area contributed by atoms with E-state index in [1.165, 1.54) is 0 Å². The monoisotopic (exact) mass is 188 g/mol.